The molecule has 100 valence electrons. The van der Waals surface area contributed by atoms with Crippen LogP contribution in [-0.2, 0) is 0 Å². The first kappa shape index (κ1) is 13.2. The van der Waals surface area contributed by atoms with E-state index in [1.165, 1.54) is 0 Å². The molecule has 0 aromatic heterocycles. The molecule has 18 heavy (non-hydrogen) atoms. The van der Waals surface area contributed by atoms with E-state index in [-0.39, 0.29) is 0 Å². The van der Waals surface area contributed by atoms with Crippen molar-refractivity contribution in [3.8, 4) is 0 Å². The van der Waals surface area contributed by atoms with Crippen molar-refractivity contribution in [1.82, 2.24) is 5.32 Å². The fraction of sp³-hybridized carbons (Fsp3) is 0.538. The van der Waals surface area contributed by atoms with Gasteiger partial charge in [-0.05, 0) is 26.3 Å². The van der Waals surface area contributed by atoms with Gasteiger partial charge in [0.2, 0.25) is 0 Å². The molecule has 1 saturated heterocycles. The summed E-state index contributed by atoms with van der Waals surface area (Å²) in [5.74, 6) is -3.66. The Morgan fingerprint density at radius 2 is 1.83 bits per heavy atom. The molecule has 5 heteroatoms. The SMILES string of the molecule is CC1CCN(c2cc(F)c(F)c(F)c2)CCCN1. The fourth-order valence-corrected chi connectivity index (χ4v) is 2.16. The van der Waals surface area contributed by atoms with Crippen molar-refractivity contribution < 1.29 is 13.2 Å². The van der Waals surface area contributed by atoms with Gasteiger partial charge in [0.1, 0.15) is 0 Å². The first-order valence-corrected chi connectivity index (χ1v) is 6.21. The summed E-state index contributed by atoms with van der Waals surface area (Å²) in [4.78, 5) is 1.91. The van der Waals surface area contributed by atoms with E-state index >= 15 is 0 Å². The zero-order valence-corrected chi connectivity index (χ0v) is 10.3. The van der Waals surface area contributed by atoms with Crippen LogP contribution in [0.1, 0.15) is 19.8 Å². The molecule has 0 saturated carbocycles. The number of anilines is 1. The number of halogens is 3. The lowest BCUT2D eigenvalue weighted by Crippen LogP contribution is -2.38. The molecule has 1 fully saturated rings. The van der Waals surface area contributed by atoms with Crippen molar-refractivity contribution in [2.24, 2.45) is 0 Å². The van der Waals surface area contributed by atoms with Crippen LogP contribution in [0.2, 0.25) is 0 Å². The molecule has 0 spiro atoms. The molecule has 1 aromatic carbocycles. The minimum absolute atomic E-state index is 0.378. The van der Waals surface area contributed by atoms with Crippen molar-refractivity contribution in [3.05, 3.63) is 29.6 Å². The molecule has 0 bridgehead atoms. The predicted octanol–water partition coefficient (Wildman–Crippen LogP) is 2.68. The summed E-state index contributed by atoms with van der Waals surface area (Å²) < 4.78 is 39.3. The second-order valence-electron chi connectivity index (χ2n) is 4.71. The van der Waals surface area contributed by atoms with E-state index in [0.717, 1.165) is 31.5 Å². The molecule has 0 amide bonds. The average molecular weight is 258 g/mol. The van der Waals surface area contributed by atoms with Crippen LogP contribution in [0, 0.1) is 17.5 Å². The Kier molecular flexibility index (Phi) is 4.11. The Bertz CT molecular complexity index is 400. The molecule has 1 N–H and O–H groups in total. The van der Waals surface area contributed by atoms with Crippen LogP contribution in [0.25, 0.3) is 0 Å². The summed E-state index contributed by atoms with van der Waals surface area (Å²) in [6.07, 6.45) is 1.78. The third kappa shape index (κ3) is 2.96. The second-order valence-corrected chi connectivity index (χ2v) is 4.71. The molecule has 0 radical (unpaired) electrons. The number of rotatable bonds is 1. The van der Waals surface area contributed by atoms with Gasteiger partial charge in [-0.15, -0.1) is 0 Å². The second kappa shape index (κ2) is 5.61. The Morgan fingerprint density at radius 1 is 1.17 bits per heavy atom. The van der Waals surface area contributed by atoms with Gasteiger partial charge in [0.15, 0.2) is 17.5 Å². The van der Waals surface area contributed by atoms with E-state index < -0.39 is 17.5 Å². The van der Waals surface area contributed by atoms with E-state index in [4.69, 9.17) is 0 Å². The highest BCUT2D eigenvalue weighted by atomic mass is 19.2. The summed E-state index contributed by atoms with van der Waals surface area (Å²) in [5.41, 5.74) is 0.417. The maximum Gasteiger partial charge on any atom is 0.194 e. The molecule has 1 unspecified atom stereocenters. The van der Waals surface area contributed by atoms with Crippen LogP contribution in [0.5, 0.6) is 0 Å². The van der Waals surface area contributed by atoms with Crippen LogP contribution in [0.15, 0.2) is 12.1 Å². The summed E-state index contributed by atoms with van der Waals surface area (Å²) in [6, 6.07) is 2.51. The average Bonchev–Trinajstić information content (AvgIpc) is 2.31. The number of nitrogens with zero attached hydrogens (tertiary/aromatic N) is 1. The molecule has 0 aliphatic carbocycles. The lowest BCUT2D eigenvalue weighted by molar-refractivity contribution is 0.444. The van der Waals surface area contributed by atoms with Crippen molar-refractivity contribution >= 4 is 5.69 Å². The van der Waals surface area contributed by atoms with Gasteiger partial charge in [0, 0.05) is 37.0 Å². The normalized spacial score (nSPS) is 21.6. The standard InChI is InChI=1S/C13H17F3N2/c1-9-3-6-18(5-2-4-17-9)10-7-11(14)13(16)12(15)8-10/h7-9,17H,2-6H2,1H3. The minimum Gasteiger partial charge on any atom is -0.371 e. The Morgan fingerprint density at radius 3 is 2.50 bits per heavy atom. The van der Waals surface area contributed by atoms with Gasteiger partial charge >= 0.3 is 0 Å². The highest BCUT2D eigenvalue weighted by molar-refractivity contribution is 5.47. The third-order valence-electron chi connectivity index (χ3n) is 3.26. The Labute approximate surface area is 105 Å². The molecular weight excluding hydrogens is 241 g/mol. The molecule has 1 atom stereocenters. The smallest absolute Gasteiger partial charge is 0.194 e. The van der Waals surface area contributed by atoms with Gasteiger partial charge < -0.3 is 10.2 Å². The summed E-state index contributed by atoms with van der Waals surface area (Å²) >= 11 is 0. The van der Waals surface area contributed by atoms with Gasteiger partial charge in [-0.2, -0.15) is 0 Å². The Balaban J connectivity index is 2.18. The van der Waals surface area contributed by atoms with E-state index in [9.17, 15) is 13.2 Å². The zero-order valence-electron chi connectivity index (χ0n) is 10.3. The van der Waals surface area contributed by atoms with Gasteiger partial charge in [-0.25, -0.2) is 13.2 Å². The maximum atomic E-state index is 13.2. The maximum absolute atomic E-state index is 13.2. The topological polar surface area (TPSA) is 15.3 Å². The van der Waals surface area contributed by atoms with Crippen molar-refractivity contribution in [3.63, 3.8) is 0 Å². The highest BCUT2D eigenvalue weighted by Crippen LogP contribution is 2.22. The van der Waals surface area contributed by atoms with Crippen molar-refractivity contribution in [1.29, 1.82) is 0 Å². The Hall–Kier alpha value is -1.23. The molecule has 2 rings (SSSR count). The molecule has 1 aromatic rings. The van der Waals surface area contributed by atoms with Crippen LogP contribution in [0.3, 0.4) is 0 Å². The summed E-state index contributed by atoms with van der Waals surface area (Å²) in [6.45, 7) is 4.38. The summed E-state index contributed by atoms with van der Waals surface area (Å²) in [7, 11) is 0. The van der Waals surface area contributed by atoms with Gasteiger partial charge in [-0.1, -0.05) is 0 Å². The number of nitrogens with one attached hydrogen (secondary N) is 1. The molecular formula is C13H17F3N2. The van der Waals surface area contributed by atoms with Crippen LogP contribution in [-0.4, -0.2) is 25.7 Å². The lowest BCUT2D eigenvalue weighted by Gasteiger charge is -2.29. The highest BCUT2D eigenvalue weighted by Gasteiger charge is 2.16. The summed E-state index contributed by atoms with van der Waals surface area (Å²) in [5, 5.41) is 3.35. The molecule has 1 aliphatic heterocycles. The van der Waals surface area contributed by atoms with Gasteiger partial charge in [0.25, 0.3) is 0 Å². The van der Waals surface area contributed by atoms with E-state index in [1.54, 1.807) is 0 Å². The quantitative estimate of drug-likeness (QED) is 0.779. The lowest BCUT2D eigenvalue weighted by atomic mass is 10.1. The van der Waals surface area contributed by atoms with Gasteiger partial charge in [0.05, 0.1) is 0 Å². The van der Waals surface area contributed by atoms with Crippen LogP contribution in [0.4, 0.5) is 18.9 Å². The predicted molar refractivity (Wildman–Crippen MR) is 65.2 cm³/mol. The van der Waals surface area contributed by atoms with E-state index in [2.05, 4.69) is 12.2 Å². The van der Waals surface area contributed by atoms with E-state index in [0.29, 0.717) is 24.8 Å². The van der Waals surface area contributed by atoms with Crippen LogP contribution < -0.4 is 10.2 Å². The first-order chi connectivity index (χ1) is 8.58. The molecule has 1 aliphatic rings. The number of benzene rings is 1. The zero-order chi connectivity index (χ0) is 13.1. The number of hydrogen-bond donors (Lipinski definition) is 1. The van der Waals surface area contributed by atoms with Gasteiger partial charge in [-0.3, -0.25) is 0 Å². The monoisotopic (exact) mass is 258 g/mol. The molecule has 2 nitrogen and oxygen atoms in total. The largest absolute Gasteiger partial charge is 0.371 e. The molecule has 1 heterocycles. The minimum atomic E-state index is -1.40. The third-order valence-corrected chi connectivity index (χ3v) is 3.26. The van der Waals surface area contributed by atoms with E-state index in [1.807, 2.05) is 4.90 Å². The fourth-order valence-electron chi connectivity index (χ4n) is 2.16. The van der Waals surface area contributed by atoms with Crippen molar-refractivity contribution in [2.45, 2.75) is 25.8 Å². The van der Waals surface area contributed by atoms with Crippen molar-refractivity contribution in [2.75, 3.05) is 24.5 Å². The van der Waals surface area contributed by atoms with Crippen LogP contribution >= 0.6 is 0 Å². The number of hydrogen-bond acceptors (Lipinski definition) is 2. The first-order valence-electron chi connectivity index (χ1n) is 6.21.